The topological polar surface area (TPSA) is 60.7 Å². The van der Waals surface area contributed by atoms with Gasteiger partial charge in [-0.3, -0.25) is 0 Å². The van der Waals surface area contributed by atoms with Crippen LogP contribution in [0.1, 0.15) is 0 Å². The van der Waals surface area contributed by atoms with Crippen LogP contribution >= 0.6 is 9.24 Å². The molecule has 54 valence electrons. The lowest BCUT2D eigenvalue weighted by Gasteiger charge is -2.00. The number of phenols is 3. The lowest BCUT2D eigenvalue weighted by molar-refractivity contribution is 0.368. The van der Waals surface area contributed by atoms with E-state index in [1.54, 1.807) is 0 Å². The van der Waals surface area contributed by atoms with Crippen molar-refractivity contribution < 1.29 is 15.3 Å². The second-order valence-electron chi connectivity index (χ2n) is 1.91. The monoisotopic (exact) mass is 158 g/mol. The molecule has 0 heterocycles. The molecule has 1 unspecified atom stereocenters. The summed E-state index contributed by atoms with van der Waals surface area (Å²) in [5.41, 5.74) is 0. The highest BCUT2D eigenvalue weighted by Crippen LogP contribution is 2.32. The Kier molecular flexibility index (Phi) is 1.68. The molecule has 0 aromatic heterocycles. The molecule has 10 heavy (non-hydrogen) atoms. The first-order valence-electron chi connectivity index (χ1n) is 2.61. The second-order valence-corrected chi connectivity index (χ2v) is 2.57. The first-order valence-corrected chi connectivity index (χ1v) is 3.19. The van der Waals surface area contributed by atoms with Crippen molar-refractivity contribution in [3.05, 3.63) is 12.1 Å². The first kappa shape index (κ1) is 7.16. The molecule has 0 saturated carbocycles. The summed E-state index contributed by atoms with van der Waals surface area (Å²) in [6.45, 7) is 0. The van der Waals surface area contributed by atoms with Gasteiger partial charge in [-0.15, -0.1) is 9.24 Å². The van der Waals surface area contributed by atoms with E-state index in [-0.39, 0.29) is 11.5 Å². The minimum atomic E-state index is -0.480. The van der Waals surface area contributed by atoms with E-state index in [0.717, 1.165) is 0 Å². The summed E-state index contributed by atoms with van der Waals surface area (Å²) in [5.74, 6) is -1.11. The number of benzene rings is 1. The molecule has 0 radical (unpaired) electrons. The number of aromatic hydroxyl groups is 3. The maximum absolute atomic E-state index is 8.86. The van der Waals surface area contributed by atoms with Crippen molar-refractivity contribution in [3.63, 3.8) is 0 Å². The highest BCUT2D eigenvalue weighted by Gasteiger charge is 2.04. The van der Waals surface area contributed by atoms with Crippen molar-refractivity contribution in [2.24, 2.45) is 0 Å². The summed E-state index contributed by atoms with van der Waals surface area (Å²) >= 11 is 0. The molecule has 0 saturated heterocycles. The van der Waals surface area contributed by atoms with E-state index in [2.05, 4.69) is 9.24 Å². The van der Waals surface area contributed by atoms with Gasteiger partial charge in [0, 0.05) is 0 Å². The zero-order valence-electron chi connectivity index (χ0n) is 5.07. The van der Waals surface area contributed by atoms with Crippen LogP contribution in [0.5, 0.6) is 17.2 Å². The third kappa shape index (κ3) is 1.14. The third-order valence-electron chi connectivity index (χ3n) is 1.09. The van der Waals surface area contributed by atoms with Crippen LogP contribution < -0.4 is 5.30 Å². The van der Waals surface area contributed by atoms with Crippen molar-refractivity contribution in [2.75, 3.05) is 0 Å². The Morgan fingerprint density at radius 3 is 1.80 bits per heavy atom. The van der Waals surface area contributed by atoms with Crippen LogP contribution in [-0.4, -0.2) is 15.3 Å². The molecule has 3 nitrogen and oxygen atoms in total. The fraction of sp³-hybridized carbons (Fsp3) is 0. The molecule has 1 aromatic rings. The van der Waals surface area contributed by atoms with Crippen molar-refractivity contribution in [1.82, 2.24) is 0 Å². The van der Waals surface area contributed by atoms with E-state index in [4.69, 9.17) is 15.3 Å². The normalized spacial score (nSPS) is 9.70. The molecule has 0 spiro atoms. The largest absolute Gasteiger partial charge is 0.504 e. The van der Waals surface area contributed by atoms with Crippen LogP contribution in [0.4, 0.5) is 0 Å². The van der Waals surface area contributed by atoms with Gasteiger partial charge in [-0.05, 0) is 17.4 Å². The van der Waals surface area contributed by atoms with E-state index < -0.39 is 5.75 Å². The molecule has 0 aliphatic rings. The van der Waals surface area contributed by atoms with Crippen LogP contribution in [0.3, 0.4) is 0 Å². The lowest BCUT2D eigenvalue weighted by Crippen LogP contribution is -1.87. The van der Waals surface area contributed by atoms with Gasteiger partial charge in [0.15, 0.2) is 17.2 Å². The Bertz CT molecular complexity index is 236. The minimum absolute atomic E-state index is 0.315. The SMILES string of the molecule is Oc1cc(P)cc(O)c1O. The van der Waals surface area contributed by atoms with Crippen LogP contribution in [0.15, 0.2) is 12.1 Å². The summed E-state index contributed by atoms with van der Waals surface area (Å²) in [6.07, 6.45) is 0. The number of rotatable bonds is 0. The average Bonchev–Trinajstić information content (AvgIpc) is 1.82. The summed E-state index contributed by atoms with van der Waals surface area (Å²) in [5, 5.41) is 27.2. The molecule has 0 aliphatic carbocycles. The quantitative estimate of drug-likeness (QED) is 0.376. The minimum Gasteiger partial charge on any atom is -0.504 e. The summed E-state index contributed by atoms with van der Waals surface area (Å²) in [6, 6.07) is 2.67. The van der Waals surface area contributed by atoms with Gasteiger partial charge in [0.1, 0.15) is 0 Å². The molecule has 0 aliphatic heterocycles. The zero-order chi connectivity index (χ0) is 7.72. The van der Waals surface area contributed by atoms with Crippen LogP contribution in [-0.2, 0) is 0 Å². The summed E-state index contributed by atoms with van der Waals surface area (Å²) in [7, 11) is 2.29. The van der Waals surface area contributed by atoms with E-state index in [9.17, 15) is 0 Å². The van der Waals surface area contributed by atoms with Crippen molar-refractivity contribution in [2.45, 2.75) is 0 Å². The fourth-order valence-corrected chi connectivity index (χ4v) is 0.941. The molecule has 0 amide bonds. The van der Waals surface area contributed by atoms with E-state index in [1.165, 1.54) is 12.1 Å². The average molecular weight is 158 g/mol. The van der Waals surface area contributed by atoms with E-state index >= 15 is 0 Å². The summed E-state index contributed by atoms with van der Waals surface area (Å²) < 4.78 is 0. The molecule has 3 N–H and O–H groups in total. The molecular weight excluding hydrogens is 151 g/mol. The van der Waals surface area contributed by atoms with Gasteiger partial charge in [-0.1, -0.05) is 0 Å². The first-order chi connectivity index (χ1) is 4.61. The number of phenolic OH excluding ortho intramolecular Hbond substituents is 3. The molecule has 0 fully saturated rings. The molecular formula is C6H7O3P. The molecule has 0 bridgehead atoms. The van der Waals surface area contributed by atoms with E-state index in [0.29, 0.717) is 5.30 Å². The van der Waals surface area contributed by atoms with Crippen molar-refractivity contribution in [1.29, 1.82) is 0 Å². The van der Waals surface area contributed by atoms with Gasteiger partial charge >= 0.3 is 0 Å². The smallest absolute Gasteiger partial charge is 0.200 e. The zero-order valence-corrected chi connectivity index (χ0v) is 6.23. The van der Waals surface area contributed by atoms with Crippen LogP contribution in [0.2, 0.25) is 0 Å². The Balaban J connectivity index is 3.31. The number of hydrogen-bond acceptors (Lipinski definition) is 3. The Morgan fingerprint density at radius 1 is 1.00 bits per heavy atom. The van der Waals surface area contributed by atoms with Gasteiger partial charge in [0.25, 0.3) is 0 Å². The van der Waals surface area contributed by atoms with Gasteiger partial charge < -0.3 is 15.3 Å². The lowest BCUT2D eigenvalue weighted by atomic mass is 10.3. The molecule has 4 heteroatoms. The standard InChI is InChI=1S/C6H7O3P/c7-4-1-3(10)2-5(8)6(4)9/h1-2,7-9H,10H2. The Hall–Kier alpha value is -0.950. The Morgan fingerprint density at radius 2 is 1.40 bits per heavy atom. The maximum Gasteiger partial charge on any atom is 0.200 e. The maximum atomic E-state index is 8.86. The molecule has 1 rings (SSSR count). The van der Waals surface area contributed by atoms with Gasteiger partial charge in [-0.25, -0.2) is 0 Å². The fourth-order valence-electron chi connectivity index (χ4n) is 0.625. The van der Waals surface area contributed by atoms with Crippen molar-refractivity contribution in [3.8, 4) is 17.2 Å². The van der Waals surface area contributed by atoms with Crippen molar-refractivity contribution >= 4 is 14.5 Å². The number of hydrogen-bond donors (Lipinski definition) is 3. The highest BCUT2D eigenvalue weighted by atomic mass is 31.0. The second kappa shape index (κ2) is 2.35. The predicted octanol–water partition coefficient (Wildman–Crippen LogP) is 0.304. The Labute approximate surface area is 60.1 Å². The van der Waals surface area contributed by atoms with Gasteiger partial charge in [0.05, 0.1) is 0 Å². The van der Waals surface area contributed by atoms with Crippen LogP contribution in [0.25, 0.3) is 0 Å². The van der Waals surface area contributed by atoms with Crippen LogP contribution in [0, 0.1) is 0 Å². The highest BCUT2D eigenvalue weighted by molar-refractivity contribution is 7.27. The van der Waals surface area contributed by atoms with Gasteiger partial charge in [-0.2, -0.15) is 0 Å². The summed E-state index contributed by atoms with van der Waals surface area (Å²) in [4.78, 5) is 0. The third-order valence-corrected chi connectivity index (χ3v) is 1.43. The molecule has 1 aromatic carbocycles. The predicted molar refractivity (Wildman–Crippen MR) is 40.8 cm³/mol. The van der Waals surface area contributed by atoms with E-state index in [1.807, 2.05) is 0 Å². The molecule has 1 atom stereocenters. The van der Waals surface area contributed by atoms with Gasteiger partial charge in [0.2, 0.25) is 0 Å².